The van der Waals surface area contributed by atoms with E-state index in [1.807, 2.05) is 30.5 Å². The van der Waals surface area contributed by atoms with Crippen molar-refractivity contribution in [3.05, 3.63) is 36.0 Å². The van der Waals surface area contributed by atoms with E-state index in [0.29, 0.717) is 13.0 Å². The van der Waals surface area contributed by atoms with Crippen LogP contribution in [0.2, 0.25) is 0 Å². The second kappa shape index (κ2) is 5.90. The van der Waals surface area contributed by atoms with E-state index < -0.39 is 0 Å². The van der Waals surface area contributed by atoms with Crippen molar-refractivity contribution in [2.75, 3.05) is 13.2 Å². The highest BCUT2D eigenvalue weighted by Crippen LogP contribution is 2.36. The average Bonchev–Trinajstić information content (AvgIpc) is 3.14. The number of nitrogens with one attached hydrogen (secondary N) is 2. The molecule has 1 fully saturated rings. The summed E-state index contributed by atoms with van der Waals surface area (Å²) in [5.41, 5.74) is 1.99. The van der Waals surface area contributed by atoms with Crippen molar-refractivity contribution >= 4 is 16.8 Å². The highest BCUT2D eigenvalue weighted by atomic mass is 16.3. The molecule has 1 aromatic carbocycles. The molecule has 112 valence electrons. The Balaban J connectivity index is 1.61. The molecule has 4 heteroatoms. The third kappa shape index (κ3) is 2.95. The molecule has 0 atom stereocenters. The van der Waals surface area contributed by atoms with Gasteiger partial charge in [0.2, 0.25) is 5.91 Å². The molecule has 1 saturated carbocycles. The molecule has 1 aliphatic carbocycles. The number of aromatic nitrogens is 1. The smallest absolute Gasteiger partial charge is 0.224 e. The number of aliphatic hydroxyl groups excluding tert-OH is 1. The van der Waals surface area contributed by atoms with Gasteiger partial charge in [-0.3, -0.25) is 4.79 Å². The number of H-pyrrole nitrogens is 1. The van der Waals surface area contributed by atoms with E-state index >= 15 is 0 Å². The first kappa shape index (κ1) is 14.1. The van der Waals surface area contributed by atoms with Crippen molar-refractivity contribution in [2.24, 2.45) is 5.41 Å². The van der Waals surface area contributed by atoms with Crippen LogP contribution < -0.4 is 5.32 Å². The summed E-state index contributed by atoms with van der Waals surface area (Å²) in [6, 6.07) is 8.00. The monoisotopic (exact) mass is 286 g/mol. The number of para-hydroxylation sites is 1. The van der Waals surface area contributed by atoms with Gasteiger partial charge in [0, 0.05) is 29.1 Å². The summed E-state index contributed by atoms with van der Waals surface area (Å²) >= 11 is 0. The van der Waals surface area contributed by atoms with Crippen molar-refractivity contribution in [3.8, 4) is 0 Å². The maximum Gasteiger partial charge on any atom is 0.224 e. The van der Waals surface area contributed by atoms with E-state index in [-0.39, 0.29) is 17.9 Å². The van der Waals surface area contributed by atoms with E-state index in [9.17, 15) is 9.90 Å². The van der Waals surface area contributed by atoms with Gasteiger partial charge >= 0.3 is 0 Å². The molecular weight excluding hydrogens is 264 g/mol. The Kier molecular flexibility index (Phi) is 3.97. The highest BCUT2D eigenvalue weighted by molar-refractivity contribution is 5.88. The fraction of sp³-hybridized carbons (Fsp3) is 0.471. The van der Waals surface area contributed by atoms with Gasteiger partial charge < -0.3 is 15.4 Å². The molecule has 0 saturated heterocycles. The van der Waals surface area contributed by atoms with Crippen LogP contribution in [-0.2, 0) is 11.2 Å². The Labute approximate surface area is 124 Å². The molecule has 21 heavy (non-hydrogen) atoms. The molecule has 4 nitrogen and oxygen atoms in total. The summed E-state index contributed by atoms with van der Waals surface area (Å²) in [4.78, 5) is 15.4. The summed E-state index contributed by atoms with van der Waals surface area (Å²) < 4.78 is 0. The highest BCUT2D eigenvalue weighted by Gasteiger charge is 2.33. The lowest BCUT2D eigenvalue weighted by Crippen LogP contribution is -2.38. The second-order valence-corrected chi connectivity index (χ2v) is 6.18. The van der Waals surface area contributed by atoms with Gasteiger partial charge in [-0.15, -0.1) is 0 Å². The van der Waals surface area contributed by atoms with Crippen molar-refractivity contribution in [1.29, 1.82) is 0 Å². The molecule has 1 aliphatic rings. The van der Waals surface area contributed by atoms with Gasteiger partial charge in [-0.05, 0) is 24.5 Å². The molecule has 0 radical (unpaired) electrons. The Hall–Kier alpha value is -1.81. The van der Waals surface area contributed by atoms with Gasteiger partial charge in [0.1, 0.15) is 0 Å². The number of fused-ring (bicyclic) bond motifs is 1. The topological polar surface area (TPSA) is 65.1 Å². The summed E-state index contributed by atoms with van der Waals surface area (Å²) in [5.74, 6) is 0.0273. The first-order valence-electron chi connectivity index (χ1n) is 7.65. The Morgan fingerprint density at radius 3 is 2.81 bits per heavy atom. The molecule has 2 aromatic rings. The normalized spacial score (nSPS) is 17.2. The minimum atomic E-state index is -0.0874. The first-order valence-corrected chi connectivity index (χ1v) is 7.65. The van der Waals surface area contributed by atoms with Crippen LogP contribution in [0, 0.1) is 5.41 Å². The Morgan fingerprint density at radius 1 is 1.29 bits per heavy atom. The van der Waals surface area contributed by atoms with Gasteiger partial charge in [-0.2, -0.15) is 0 Å². The zero-order chi connectivity index (χ0) is 14.7. The fourth-order valence-electron chi connectivity index (χ4n) is 3.32. The molecule has 0 aliphatic heterocycles. The minimum Gasteiger partial charge on any atom is -0.396 e. The van der Waals surface area contributed by atoms with Crippen LogP contribution in [0.3, 0.4) is 0 Å². The summed E-state index contributed by atoms with van der Waals surface area (Å²) in [6.07, 6.45) is 6.61. The molecule has 0 spiro atoms. The van der Waals surface area contributed by atoms with Crippen LogP contribution in [0.1, 0.15) is 31.2 Å². The Morgan fingerprint density at radius 2 is 2.05 bits per heavy atom. The lowest BCUT2D eigenvalue weighted by Gasteiger charge is -2.26. The SMILES string of the molecule is O=C(Cc1c[nH]c2ccccc12)NCC1(CO)CCCC1. The van der Waals surface area contributed by atoms with E-state index in [1.165, 1.54) is 0 Å². The summed E-state index contributed by atoms with van der Waals surface area (Å²) in [6.45, 7) is 0.755. The lowest BCUT2D eigenvalue weighted by atomic mass is 9.87. The number of amides is 1. The minimum absolute atomic E-state index is 0.0273. The van der Waals surface area contributed by atoms with Crippen LogP contribution >= 0.6 is 0 Å². The third-order valence-electron chi connectivity index (χ3n) is 4.69. The van der Waals surface area contributed by atoms with Gasteiger partial charge in [-0.25, -0.2) is 0 Å². The molecule has 0 unspecified atom stereocenters. The largest absolute Gasteiger partial charge is 0.396 e. The predicted octanol–water partition coefficient (Wildman–Crippen LogP) is 2.38. The van der Waals surface area contributed by atoms with Crippen molar-refractivity contribution in [2.45, 2.75) is 32.1 Å². The van der Waals surface area contributed by atoms with Crippen molar-refractivity contribution in [1.82, 2.24) is 10.3 Å². The lowest BCUT2D eigenvalue weighted by molar-refractivity contribution is -0.121. The van der Waals surface area contributed by atoms with E-state index in [2.05, 4.69) is 10.3 Å². The molecular formula is C17H22N2O2. The number of aromatic amines is 1. The van der Waals surface area contributed by atoms with E-state index in [4.69, 9.17) is 0 Å². The summed E-state index contributed by atoms with van der Waals surface area (Å²) in [7, 11) is 0. The maximum atomic E-state index is 12.2. The molecule has 1 heterocycles. The molecule has 1 amide bonds. The predicted molar refractivity (Wildman–Crippen MR) is 83.0 cm³/mol. The van der Waals surface area contributed by atoms with Gasteiger partial charge in [0.25, 0.3) is 0 Å². The van der Waals surface area contributed by atoms with Crippen LogP contribution in [0.4, 0.5) is 0 Å². The number of carbonyl (C=O) groups is 1. The number of hydrogen-bond donors (Lipinski definition) is 3. The fourth-order valence-corrected chi connectivity index (χ4v) is 3.32. The summed E-state index contributed by atoms with van der Waals surface area (Å²) in [5, 5.41) is 13.7. The molecule has 3 rings (SSSR count). The van der Waals surface area contributed by atoms with Crippen LogP contribution in [-0.4, -0.2) is 29.1 Å². The van der Waals surface area contributed by atoms with Crippen LogP contribution in [0.15, 0.2) is 30.5 Å². The number of carbonyl (C=O) groups excluding carboxylic acids is 1. The van der Waals surface area contributed by atoms with Gasteiger partial charge in [-0.1, -0.05) is 31.0 Å². The van der Waals surface area contributed by atoms with Crippen molar-refractivity contribution < 1.29 is 9.90 Å². The zero-order valence-electron chi connectivity index (χ0n) is 12.2. The molecule has 3 N–H and O–H groups in total. The number of aliphatic hydroxyl groups is 1. The first-order chi connectivity index (χ1) is 10.2. The van der Waals surface area contributed by atoms with Crippen LogP contribution in [0.5, 0.6) is 0 Å². The standard InChI is InChI=1S/C17H22N2O2/c20-12-17(7-3-4-8-17)11-19-16(21)9-13-10-18-15-6-2-1-5-14(13)15/h1-2,5-6,10,18,20H,3-4,7-9,11-12H2,(H,19,21). The Bertz CT molecular complexity index is 627. The molecule has 1 aromatic heterocycles. The van der Waals surface area contributed by atoms with Crippen LogP contribution in [0.25, 0.3) is 10.9 Å². The maximum absolute atomic E-state index is 12.2. The van der Waals surface area contributed by atoms with Gasteiger partial charge in [0.15, 0.2) is 0 Å². The third-order valence-corrected chi connectivity index (χ3v) is 4.69. The molecule has 0 bridgehead atoms. The van der Waals surface area contributed by atoms with Crippen molar-refractivity contribution in [3.63, 3.8) is 0 Å². The number of hydrogen-bond acceptors (Lipinski definition) is 2. The zero-order valence-corrected chi connectivity index (χ0v) is 12.2. The van der Waals surface area contributed by atoms with Gasteiger partial charge in [0.05, 0.1) is 13.0 Å². The number of rotatable bonds is 5. The van der Waals surface area contributed by atoms with E-state index in [1.54, 1.807) is 0 Å². The number of benzene rings is 1. The average molecular weight is 286 g/mol. The quantitative estimate of drug-likeness (QED) is 0.790. The second-order valence-electron chi connectivity index (χ2n) is 6.18. The van der Waals surface area contributed by atoms with E-state index in [0.717, 1.165) is 42.1 Å².